The van der Waals surface area contributed by atoms with Crippen LogP contribution in [0.1, 0.15) is 57.1 Å². The van der Waals surface area contributed by atoms with E-state index in [1.165, 1.54) is 55.6 Å². The first-order chi connectivity index (χ1) is 9.73. The third-order valence-electron chi connectivity index (χ3n) is 4.46. The zero-order valence-electron chi connectivity index (χ0n) is 12.9. The van der Waals surface area contributed by atoms with Crippen molar-refractivity contribution in [1.82, 2.24) is 0 Å². The van der Waals surface area contributed by atoms with Gasteiger partial charge in [-0.05, 0) is 60.8 Å². The Morgan fingerprint density at radius 2 is 1.80 bits per heavy atom. The second-order valence-electron chi connectivity index (χ2n) is 6.21. The lowest BCUT2D eigenvalue weighted by molar-refractivity contribution is 0.320. The van der Waals surface area contributed by atoms with Gasteiger partial charge in [0.2, 0.25) is 0 Å². The molecule has 0 radical (unpaired) electrons. The number of alkyl halides is 1. The van der Waals surface area contributed by atoms with Gasteiger partial charge in [0.25, 0.3) is 0 Å². The maximum atomic E-state index is 3.79. The molecule has 0 N–H and O–H groups in total. The van der Waals surface area contributed by atoms with Gasteiger partial charge in [-0.1, -0.05) is 48.7 Å². The van der Waals surface area contributed by atoms with Crippen molar-refractivity contribution in [3.63, 3.8) is 0 Å². The molecule has 1 aromatic rings. The molecular formula is C18H27BrS. The van der Waals surface area contributed by atoms with Gasteiger partial charge in [-0.2, -0.15) is 0 Å². The molecule has 0 amide bonds. The van der Waals surface area contributed by atoms with Crippen molar-refractivity contribution in [3.8, 4) is 0 Å². The fraction of sp³-hybridized carbons (Fsp3) is 0.667. The summed E-state index contributed by atoms with van der Waals surface area (Å²) in [6.45, 7) is 4.63. The second-order valence-corrected chi connectivity index (χ2v) is 7.82. The molecule has 0 aliphatic heterocycles. The number of rotatable bonds is 8. The first-order valence-corrected chi connectivity index (χ1v) is 10.1. The van der Waals surface area contributed by atoms with Gasteiger partial charge in [0.15, 0.2) is 0 Å². The number of benzene rings is 1. The molecule has 0 unspecified atom stereocenters. The van der Waals surface area contributed by atoms with Crippen molar-refractivity contribution in [1.29, 1.82) is 0 Å². The van der Waals surface area contributed by atoms with E-state index in [0.717, 1.165) is 5.33 Å². The van der Waals surface area contributed by atoms with Crippen molar-refractivity contribution in [3.05, 3.63) is 29.3 Å². The van der Waals surface area contributed by atoms with Crippen molar-refractivity contribution in [2.75, 3.05) is 11.1 Å². The highest BCUT2D eigenvalue weighted by Gasteiger charge is 2.27. The Bertz CT molecular complexity index is 421. The molecule has 0 heterocycles. The predicted octanol–water partition coefficient (Wildman–Crippen LogP) is 6.25. The average molecular weight is 355 g/mol. The zero-order valence-corrected chi connectivity index (χ0v) is 15.3. The summed E-state index contributed by atoms with van der Waals surface area (Å²) < 4.78 is 0. The lowest BCUT2D eigenvalue weighted by atomic mass is 9.83. The maximum absolute atomic E-state index is 3.79. The predicted molar refractivity (Wildman–Crippen MR) is 95.2 cm³/mol. The van der Waals surface area contributed by atoms with Crippen LogP contribution < -0.4 is 0 Å². The number of fused-ring (bicyclic) bond motifs is 1. The van der Waals surface area contributed by atoms with Gasteiger partial charge in [-0.15, -0.1) is 11.8 Å². The summed E-state index contributed by atoms with van der Waals surface area (Å²) in [4.78, 5) is 1.48. The Hall–Kier alpha value is 0.0500. The largest absolute Gasteiger partial charge is 0.126 e. The molecular weight excluding hydrogens is 328 g/mol. The Balaban J connectivity index is 2.01. The standard InChI is InChI=1S/C18H27BrS/c1-3-10-18(13-19,11-4-2)14-20-17-9-8-15-6-5-7-16(15)12-17/h8-9,12H,3-7,10-11,13-14H2,1-2H3. The normalized spacial score (nSPS) is 14.6. The smallest absolute Gasteiger partial charge is 0.00959 e. The lowest BCUT2D eigenvalue weighted by Gasteiger charge is -2.31. The molecule has 2 heteroatoms. The fourth-order valence-corrected chi connectivity index (χ4v) is 5.65. The van der Waals surface area contributed by atoms with Crippen LogP contribution in [0.5, 0.6) is 0 Å². The van der Waals surface area contributed by atoms with Gasteiger partial charge in [0, 0.05) is 16.0 Å². The lowest BCUT2D eigenvalue weighted by Crippen LogP contribution is -2.25. The van der Waals surface area contributed by atoms with Crippen molar-refractivity contribution >= 4 is 27.7 Å². The van der Waals surface area contributed by atoms with Crippen molar-refractivity contribution in [2.45, 2.75) is 63.7 Å². The average Bonchev–Trinajstić information content (AvgIpc) is 2.92. The molecule has 0 aromatic heterocycles. The van der Waals surface area contributed by atoms with Crippen LogP contribution in [-0.2, 0) is 12.8 Å². The van der Waals surface area contributed by atoms with Gasteiger partial charge in [-0.3, -0.25) is 0 Å². The van der Waals surface area contributed by atoms with Crippen molar-refractivity contribution in [2.24, 2.45) is 5.41 Å². The Labute approximate surface area is 137 Å². The molecule has 1 aliphatic carbocycles. The van der Waals surface area contributed by atoms with Gasteiger partial charge < -0.3 is 0 Å². The minimum absolute atomic E-state index is 0.479. The molecule has 0 spiro atoms. The molecule has 112 valence electrons. The molecule has 0 atom stereocenters. The Morgan fingerprint density at radius 3 is 2.45 bits per heavy atom. The summed E-state index contributed by atoms with van der Waals surface area (Å²) in [7, 11) is 0. The van der Waals surface area contributed by atoms with E-state index in [1.54, 1.807) is 11.1 Å². The number of thioether (sulfide) groups is 1. The second kappa shape index (κ2) is 7.89. The van der Waals surface area contributed by atoms with E-state index in [9.17, 15) is 0 Å². The van der Waals surface area contributed by atoms with Crippen molar-refractivity contribution < 1.29 is 0 Å². The maximum Gasteiger partial charge on any atom is 0.00959 e. The van der Waals surface area contributed by atoms with E-state index >= 15 is 0 Å². The fourth-order valence-electron chi connectivity index (χ4n) is 3.38. The molecule has 0 bridgehead atoms. The number of aryl methyl sites for hydroxylation is 2. The van der Waals surface area contributed by atoms with Gasteiger partial charge in [0.05, 0.1) is 0 Å². The van der Waals surface area contributed by atoms with E-state index in [0.29, 0.717) is 5.41 Å². The molecule has 0 fully saturated rings. The van der Waals surface area contributed by atoms with Crippen LogP contribution in [-0.4, -0.2) is 11.1 Å². The molecule has 0 saturated carbocycles. The summed E-state index contributed by atoms with van der Waals surface area (Å²) in [5.41, 5.74) is 3.67. The summed E-state index contributed by atoms with van der Waals surface area (Å²) in [6, 6.07) is 7.15. The number of halogens is 1. The highest BCUT2D eigenvalue weighted by atomic mass is 79.9. The third kappa shape index (κ3) is 4.04. The highest BCUT2D eigenvalue weighted by Crippen LogP contribution is 2.38. The molecule has 0 saturated heterocycles. The van der Waals surface area contributed by atoms with E-state index in [-0.39, 0.29) is 0 Å². The van der Waals surface area contributed by atoms with Gasteiger partial charge >= 0.3 is 0 Å². The van der Waals surface area contributed by atoms with Gasteiger partial charge in [-0.25, -0.2) is 0 Å². The Kier molecular flexibility index (Phi) is 6.48. The summed E-state index contributed by atoms with van der Waals surface area (Å²) in [5, 5.41) is 1.14. The number of hydrogen-bond donors (Lipinski definition) is 0. The summed E-state index contributed by atoms with van der Waals surface area (Å²) >= 11 is 5.85. The first kappa shape index (κ1) is 16.4. The van der Waals surface area contributed by atoms with E-state index in [1.807, 2.05) is 0 Å². The topological polar surface area (TPSA) is 0 Å². The Morgan fingerprint density at radius 1 is 1.10 bits per heavy atom. The molecule has 1 aliphatic rings. The third-order valence-corrected chi connectivity index (χ3v) is 6.99. The SMILES string of the molecule is CCCC(CBr)(CCC)CSc1ccc2c(c1)CCC2. The van der Waals surface area contributed by atoms with Crippen LogP contribution >= 0.6 is 27.7 Å². The van der Waals surface area contributed by atoms with Crippen LogP contribution in [0, 0.1) is 5.41 Å². The monoisotopic (exact) mass is 354 g/mol. The number of hydrogen-bond acceptors (Lipinski definition) is 1. The van der Waals surface area contributed by atoms with E-state index in [4.69, 9.17) is 0 Å². The highest BCUT2D eigenvalue weighted by molar-refractivity contribution is 9.09. The van der Waals surface area contributed by atoms with Crippen LogP contribution in [0.25, 0.3) is 0 Å². The van der Waals surface area contributed by atoms with E-state index < -0.39 is 0 Å². The minimum atomic E-state index is 0.479. The van der Waals surface area contributed by atoms with Crippen LogP contribution in [0.4, 0.5) is 0 Å². The molecule has 1 aromatic carbocycles. The first-order valence-electron chi connectivity index (χ1n) is 8.03. The zero-order chi connectivity index (χ0) is 14.4. The summed E-state index contributed by atoms with van der Waals surface area (Å²) in [6.07, 6.45) is 9.18. The van der Waals surface area contributed by atoms with Crippen LogP contribution in [0.3, 0.4) is 0 Å². The van der Waals surface area contributed by atoms with Crippen LogP contribution in [0.15, 0.2) is 23.1 Å². The van der Waals surface area contributed by atoms with Gasteiger partial charge in [0.1, 0.15) is 0 Å². The van der Waals surface area contributed by atoms with E-state index in [2.05, 4.69) is 59.7 Å². The quantitative estimate of drug-likeness (QED) is 0.392. The minimum Gasteiger partial charge on any atom is -0.126 e. The summed E-state index contributed by atoms with van der Waals surface area (Å²) in [5.74, 6) is 1.25. The molecule has 0 nitrogen and oxygen atoms in total. The molecule has 20 heavy (non-hydrogen) atoms. The molecule has 2 rings (SSSR count). The van der Waals surface area contributed by atoms with Crippen LogP contribution in [0.2, 0.25) is 0 Å².